The number of pyridine rings is 2. The van der Waals surface area contributed by atoms with Gasteiger partial charge in [-0.2, -0.15) is 0 Å². The number of halogens is 2. The zero-order valence-corrected chi connectivity index (χ0v) is 20.2. The van der Waals surface area contributed by atoms with E-state index in [1.807, 2.05) is 36.5 Å². The van der Waals surface area contributed by atoms with Crippen LogP contribution in [0.25, 0.3) is 17.2 Å². The zero-order valence-electron chi connectivity index (χ0n) is 20.2. The highest BCUT2D eigenvalue weighted by Crippen LogP contribution is 2.34. The van der Waals surface area contributed by atoms with Gasteiger partial charge in [0, 0.05) is 37.8 Å². The minimum absolute atomic E-state index is 0.0822. The number of hydrogen-bond acceptors (Lipinski definition) is 5. The van der Waals surface area contributed by atoms with E-state index in [4.69, 9.17) is 9.47 Å². The van der Waals surface area contributed by atoms with Crippen molar-refractivity contribution in [1.29, 1.82) is 0 Å². The van der Waals surface area contributed by atoms with E-state index in [0.29, 0.717) is 13.0 Å². The topological polar surface area (TPSA) is 73.3 Å². The van der Waals surface area contributed by atoms with Crippen LogP contribution in [0.1, 0.15) is 29.3 Å². The lowest BCUT2D eigenvalue weighted by molar-refractivity contribution is -0.115. The average molecular weight is 490 g/mol. The van der Waals surface area contributed by atoms with Crippen molar-refractivity contribution in [3.8, 4) is 28.8 Å². The number of nitrogens with zero attached hydrogens (tertiary/aromatic N) is 2. The summed E-state index contributed by atoms with van der Waals surface area (Å²) in [6, 6.07) is 10.8. The summed E-state index contributed by atoms with van der Waals surface area (Å²) in [5, 5.41) is 2.63. The van der Waals surface area contributed by atoms with Crippen molar-refractivity contribution in [2.24, 2.45) is 0 Å². The number of ether oxygens (including phenoxy) is 2. The number of allylic oxidation sites excluding steroid dienone is 1. The third kappa shape index (κ3) is 5.93. The summed E-state index contributed by atoms with van der Waals surface area (Å²) < 4.78 is 37.6. The molecule has 6 nitrogen and oxygen atoms in total. The number of anilines is 1. The Balaban J connectivity index is 1.42. The van der Waals surface area contributed by atoms with Crippen molar-refractivity contribution in [3.05, 3.63) is 76.7 Å². The Morgan fingerprint density at radius 1 is 1.11 bits per heavy atom. The fraction of sp³-hybridized carbons (Fsp3) is 0.250. The maximum Gasteiger partial charge on any atom is 0.275 e. The summed E-state index contributed by atoms with van der Waals surface area (Å²) in [4.78, 5) is 21.0. The van der Waals surface area contributed by atoms with Gasteiger partial charge in [-0.3, -0.25) is 9.78 Å². The van der Waals surface area contributed by atoms with Crippen LogP contribution < -0.4 is 10.1 Å². The van der Waals surface area contributed by atoms with Gasteiger partial charge in [-0.05, 0) is 34.9 Å². The van der Waals surface area contributed by atoms with Crippen LogP contribution in [0.15, 0.2) is 54.4 Å². The number of fused-ring (bicyclic) bond motifs is 1. The molecule has 2 heterocycles. The molecule has 0 fully saturated rings. The normalized spacial score (nSPS) is 12.3. The molecule has 0 atom stereocenters. The third-order valence-corrected chi connectivity index (χ3v) is 5.61. The first kappa shape index (κ1) is 25.0. The van der Waals surface area contributed by atoms with E-state index >= 15 is 0 Å². The summed E-state index contributed by atoms with van der Waals surface area (Å²) >= 11 is 0. The number of alkyl halides is 2. The number of benzene rings is 1. The van der Waals surface area contributed by atoms with Gasteiger partial charge in [-0.25, -0.2) is 13.8 Å². The Bertz CT molecular complexity index is 1370. The first-order chi connectivity index (χ1) is 17.3. The average Bonchev–Trinajstić information content (AvgIpc) is 3.26. The van der Waals surface area contributed by atoms with Crippen molar-refractivity contribution in [3.63, 3.8) is 0 Å². The van der Waals surface area contributed by atoms with Crippen molar-refractivity contribution < 1.29 is 23.0 Å². The highest BCUT2D eigenvalue weighted by molar-refractivity contribution is 5.92. The van der Waals surface area contributed by atoms with E-state index in [-0.39, 0.29) is 29.5 Å². The molecule has 0 bridgehead atoms. The van der Waals surface area contributed by atoms with Crippen molar-refractivity contribution in [1.82, 2.24) is 9.97 Å². The predicted molar refractivity (Wildman–Crippen MR) is 134 cm³/mol. The number of hydrogen-bond donors (Lipinski definition) is 1. The maximum atomic E-state index is 13.8. The second-order valence-corrected chi connectivity index (χ2v) is 8.43. The molecule has 1 N–H and O–H groups in total. The van der Waals surface area contributed by atoms with Crippen molar-refractivity contribution in [2.75, 3.05) is 26.1 Å². The second kappa shape index (κ2) is 10.7. The number of carbonyl (C=O) groups is 1. The Kier molecular flexibility index (Phi) is 7.41. The summed E-state index contributed by atoms with van der Waals surface area (Å²) in [6.45, 7) is 1.14. The lowest BCUT2D eigenvalue weighted by Crippen LogP contribution is -2.16. The fourth-order valence-corrected chi connectivity index (χ4v) is 3.87. The largest absolute Gasteiger partial charge is 0.481 e. The molecule has 4 rings (SSSR count). The Hall–Kier alpha value is -4.09. The predicted octanol–water partition coefficient (Wildman–Crippen LogP) is 5.03. The summed E-state index contributed by atoms with van der Waals surface area (Å²) in [5.41, 5.74) is 5.55. The highest BCUT2D eigenvalue weighted by atomic mass is 19.3. The monoisotopic (exact) mass is 489 g/mol. The van der Waals surface area contributed by atoms with Gasteiger partial charge in [-0.15, -0.1) is 0 Å². The maximum absolute atomic E-state index is 13.8. The van der Waals surface area contributed by atoms with Crippen molar-refractivity contribution in [2.45, 2.75) is 25.7 Å². The van der Waals surface area contributed by atoms with Crippen LogP contribution in [0.5, 0.6) is 5.88 Å². The Labute approximate surface area is 208 Å². The standard InChI is InChI=1S/C28H25F2N3O3/c1-28(29,30)24-15-23(17-32-27(24)36-3)33-26(34)13-18-6-8-20(9-7-18)22-14-21-11-19(5-4-10-35-2)12-25(21)31-16-22/h6-9,11,14-17H,10,12-13H2,1-3H3,(H,33,34). The Morgan fingerprint density at radius 2 is 1.89 bits per heavy atom. The van der Waals surface area contributed by atoms with Gasteiger partial charge in [0.05, 0.1) is 36.7 Å². The zero-order chi connectivity index (χ0) is 25.7. The number of rotatable bonds is 7. The quantitative estimate of drug-likeness (QED) is 0.471. The molecule has 0 saturated carbocycles. The SMILES string of the molecule is COCC#CC1=Cc2cc(-c3ccc(CC(=O)Nc4cnc(OC)c(C(C)(F)F)c4)cc3)cnc2C1. The fourth-order valence-electron chi connectivity index (χ4n) is 3.87. The summed E-state index contributed by atoms with van der Waals surface area (Å²) in [6.07, 6.45) is 5.96. The molecule has 1 amide bonds. The van der Waals surface area contributed by atoms with Gasteiger partial charge in [-0.1, -0.05) is 36.1 Å². The lowest BCUT2D eigenvalue weighted by atomic mass is 10.0. The smallest absolute Gasteiger partial charge is 0.275 e. The van der Waals surface area contributed by atoms with E-state index in [1.54, 1.807) is 7.11 Å². The number of aromatic nitrogens is 2. The first-order valence-electron chi connectivity index (χ1n) is 11.3. The van der Waals surface area contributed by atoms with Crippen LogP contribution in [-0.4, -0.2) is 36.7 Å². The summed E-state index contributed by atoms with van der Waals surface area (Å²) in [5.74, 6) is 2.40. The Morgan fingerprint density at radius 3 is 2.58 bits per heavy atom. The second-order valence-electron chi connectivity index (χ2n) is 8.43. The molecule has 0 spiro atoms. The molecule has 0 aliphatic heterocycles. The van der Waals surface area contributed by atoms with Crippen LogP contribution >= 0.6 is 0 Å². The summed E-state index contributed by atoms with van der Waals surface area (Å²) in [7, 11) is 2.88. The van der Waals surface area contributed by atoms with Crippen LogP contribution in [0.2, 0.25) is 0 Å². The molecule has 0 radical (unpaired) electrons. The van der Waals surface area contributed by atoms with E-state index in [1.165, 1.54) is 19.4 Å². The van der Waals surface area contributed by atoms with Crippen LogP contribution in [0.4, 0.5) is 14.5 Å². The minimum atomic E-state index is -3.16. The number of carbonyl (C=O) groups excluding carboxylic acids is 1. The number of nitrogens with one attached hydrogen (secondary N) is 1. The molecule has 1 aromatic carbocycles. The highest BCUT2D eigenvalue weighted by Gasteiger charge is 2.30. The molecule has 1 aliphatic carbocycles. The number of amides is 1. The minimum Gasteiger partial charge on any atom is -0.481 e. The molecular formula is C28H25F2N3O3. The van der Waals surface area contributed by atoms with Gasteiger partial charge in [0.15, 0.2) is 0 Å². The molecular weight excluding hydrogens is 464 g/mol. The van der Waals surface area contributed by atoms with Gasteiger partial charge >= 0.3 is 0 Å². The molecule has 8 heteroatoms. The van der Waals surface area contributed by atoms with Crippen molar-refractivity contribution >= 4 is 17.7 Å². The molecule has 184 valence electrons. The molecule has 1 aliphatic rings. The van der Waals surface area contributed by atoms with Gasteiger partial charge in [0.1, 0.15) is 6.61 Å². The van der Waals surface area contributed by atoms with E-state index in [2.05, 4.69) is 33.2 Å². The number of methoxy groups -OCH3 is 2. The third-order valence-electron chi connectivity index (χ3n) is 5.61. The van der Waals surface area contributed by atoms with E-state index < -0.39 is 5.92 Å². The molecule has 36 heavy (non-hydrogen) atoms. The lowest BCUT2D eigenvalue weighted by Gasteiger charge is -2.15. The first-order valence-corrected chi connectivity index (χ1v) is 11.3. The molecule has 3 aromatic rings. The molecule has 0 saturated heterocycles. The van der Waals surface area contributed by atoms with Gasteiger partial charge in [0.25, 0.3) is 5.92 Å². The van der Waals surface area contributed by atoms with Gasteiger partial charge in [0.2, 0.25) is 11.8 Å². The molecule has 0 unspecified atom stereocenters. The van der Waals surface area contributed by atoms with E-state index in [9.17, 15) is 13.6 Å². The molecule has 2 aromatic heterocycles. The van der Waals surface area contributed by atoms with Crippen LogP contribution in [0, 0.1) is 11.8 Å². The van der Waals surface area contributed by atoms with E-state index in [0.717, 1.165) is 40.4 Å². The van der Waals surface area contributed by atoms with Crippen LogP contribution in [-0.2, 0) is 28.3 Å². The van der Waals surface area contributed by atoms with Gasteiger partial charge < -0.3 is 14.8 Å². The van der Waals surface area contributed by atoms with Crippen LogP contribution in [0.3, 0.4) is 0 Å².